The number of rotatable bonds is 6. The van der Waals surface area contributed by atoms with Crippen LogP contribution in [0.2, 0.25) is 0 Å². The number of hydrogen-bond acceptors (Lipinski definition) is 2. The molecule has 1 aromatic heterocycles. The van der Waals surface area contributed by atoms with Crippen molar-refractivity contribution in [3.8, 4) is 0 Å². The van der Waals surface area contributed by atoms with Crippen LogP contribution in [0.15, 0.2) is 16.9 Å². The first-order valence-electron chi connectivity index (χ1n) is 5.17. The number of nitrogens with zero attached hydrogens (tertiary/aromatic N) is 2. The zero-order valence-corrected chi connectivity index (χ0v) is 10.5. The van der Waals surface area contributed by atoms with Crippen LogP contribution in [-0.4, -0.2) is 22.2 Å². The molecule has 0 bridgehead atoms. The van der Waals surface area contributed by atoms with Gasteiger partial charge in [-0.05, 0) is 28.8 Å². The maximum Gasteiger partial charge on any atom is 0.219 e. The van der Waals surface area contributed by atoms with Gasteiger partial charge in [-0.1, -0.05) is 6.92 Å². The predicted molar refractivity (Wildman–Crippen MR) is 62.5 cm³/mol. The van der Waals surface area contributed by atoms with Gasteiger partial charge in [0, 0.05) is 25.7 Å². The van der Waals surface area contributed by atoms with E-state index in [1.165, 1.54) is 0 Å². The van der Waals surface area contributed by atoms with Crippen LogP contribution < -0.4 is 5.32 Å². The molecule has 5 heteroatoms. The molecule has 0 fully saturated rings. The molecule has 0 aromatic carbocycles. The molecule has 0 atom stereocenters. The lowest BCUT2D eigenvalue weighted by atomic mass is 10.3. The Hall–Kier alpha value is -0.840. The van der Waals surface area contributed by atoms with Crippen molar-refractivity contribution in [3.63, 3.8) is 0 Å². The molecule has 0 aliphatic carbocycles. The Morgan fingerprint density at radius 3 is 3.07 bits per heavy atom. The molecule has 4 nitrogen and oxygen atoms in total. The molecule has 0 spiro atoms. The number of aromatic nitrogens is 2. The fraction of sp³-hybridized carbons (Fsp3) is 0.600. The Balaban J connectivity index is 2.09. The molecule has 84 valence electrons. The summed E-state index contributed by atoms with van der Waals surface area (Å²) in [5, 5.41) is 6.99. The fourth-order valence-electron chi connectivity index (χ4n) is 1.24. The number of carbonyl (C=O) groups excluding carboxylic acids is 1. The SMILES string of the molecule is CCCC(=O)NCCCn1cc(Br)cn1. The van der Waals surface area contributed by atoms with Gasteiger partial charge in [0.15, 0.2) is 0 Å². The maximum atomic E-state index is 11.1. The van der Waals surface area contributed by atoms with E-state index in [1.807, 2.05) is 17.8 Å². The van der Waals surface area contributed by atoms with Crippen LogP contribution in [0.5, 0.6) is 0 Å². The summed E-state index contributed by atoms with van der Waals surface area (Å²) < 4.78 is 2.84. The van der Waals surface area contributed by atoms with Gasteiger partial charge in [0.2, 0.25) is 5.91 Å². The average molecular weight is 274 g/mol. The summed E-state index contributed by atoms with van der Waals surface area (Å²) >= 11 is 3.33. The minimum absolute atomic E-state index is 0.138. The van der Waals surface area contributed by atoms with E-state index >= 15 is 0 Å². The molecule has 0 aliphatic heterocycles. The van der Waals surface area contributed by atoms with Gasteiger partial charge in [0.1, 0.15) is 0 Å². The van der Waals surface area contributed by atoms with Gasteiger partial charge < -0.3 is 5.32 Å². The number of amides is 1. The van der Waals surface area contributed by atoms with Crippen molar-refractivity contribution in [1.29, 1.82) is 0 Å². The molecule has 0 radical (unpaired) electrons. The first-order valence-corrected chi connectivity index (χ1v) is 5.96. The highest BCUT2D eigenvalue weighted by molar-refractivity contribution is 9.10. The minimum Gasteiger partial charge on any atom is -0.356 e. The highest BCUT2D eigenvalue weighted by Gasteiger charge is 1.98. The second-order valence-electron chi connectivity index (χ2n) is 3.38. The van der Waals surface area contributed by atoms with Crippen molar-refractivity contribution in [2.75, 3.05) is 6.54 Å². The lowest BCUT2D eigenvalue weighted by molar-refractivity contribution is -0.121. The number of nitrogens with one attached hydrogen (secondary N) is 1. The third-order valence-electron chi connectivity index (χ3n) is 1.96. The van der Waals surface area contributed by atoms with Crippen molar-refractivity contribution >= 4 is 21.8 Å². The van der Waals surface area contributed by atoms with Gasteiger partial charge in [0.25, 0.3) is 0 Å². The highest BCUT2D eigenvalue weighted by atomic mass is 79.9. The monoisotopic (exact) mass is 273 g/mol. The molecule has 0 saturated heterocycles. The van der Waals surface area contributed by atoms with Crippen molar-refractivity contribution in [2.45, 2.75) is 32.7 Å². The summed E-state index contributed by atoms with van der Waals surface area (Å²) in [6.07, 6.45) is 6.11. The Morgan fingerprint density at radius 2 is 2.47 bits per heavy atom. The molecular weight excluding hydrogens is 258 g/mol. The molecule has 0 aliphatic rings. The molecule has 1 rings (SSSR count). The largest absolute Gasteiger partial charge is 0.356 e. The van der Waals surface area contributed by atoms with Crippen LogP contribution in [0, 0.1) is 0 Å². The molecular formula is C10H16BrN3O. The standard InChI is InChI=1S/C10H16BrN3O/c1-2-4-10(15)12-5-3-6-14-8-9(11)7-13-14/h7-8H,2-6H2,1H3,(H,12,15). The van der Waals surface area contributed by atoms with E-state index in [-0.39, 0.29) is 5.91 Å². The van der Waals surface area contributed by atoms with E-state index in [0.717, 1.165) is 30.4 Å². The van der Waals surface area contributed by atoms with E-state index in [9.17, 15) is 4.79 Å². The van der Waals surface area contributed by atoms with Gasteiger partial charge in [-0.3, -0.25) is 9.48 Å². The van der Waals surface area contributed by atoms with Crippen LogP contribution in [0.4, 0.5) is 0 Å². The van der Waals surface area contributed by atoms with Gasteiger partial charge in [0.05, 0.1) is 10.7 Å². The van der Waals surface area contributed by atoms with Crippen molar-refractivity contribution in [1.82, 2.24) is 15.1 Å². The number of hydrogen-bond donors (Lipinski definition) is 1. The molecule has 1 amide bonds. The lowest BCUT2D eigenvalue weighted by Gasteiger charge is -2.04. The van der Waals surface area contributed by atoms with E-state index in [1.54, 1.807) is 6.20 Å². The Bertz CT molecular complexity index is 311. The summed E-state index contributed by atoms with van der Waals surface area (Å²) in [5.74, 6) is 0.138. The zero-order valence-electron chi connectivity index (χ0n) is 8.87. The van der Waals surface area contributed by atoms with Crippen molar-refractivity contribution < 1.29 is 4.79 Å². The second-order valence-corrected chi connectivity index (χ2v) is 4.29. The molecule has 1 aromatic rings. The summed E-state index contributed by atoms with van der Waals surface area (Å²) in [7, 11) is 0. The molecule has 1 heterocycles. The first kappa shape index (κ1) is 12.2. The Kier molecular flexibility index (Phi) is 5.39. The van der Waals surface area contributed by atoms with Crippen LogP contribution in [0.25, 0.3) is 0 Å². The van der Waals surface area contributed by atoms with Crippen molar-refractivity contribution in [3.05, 3.63) is 16.9 Å². The van der Waals surface area contributed by atoms with Crippen molar-refractivity contribution in [2.24, 2.45) is 0 Å². The third-order valence-corrected chi connectivity index (χ3v) is 2.37. The fourth-order valence-corrected chi connectivity index (χ4v) is 1.57. The quantitative estimate of drug-likeness (QED) is 0.806. The maximum absolute atomic E-state index is 11.1. The first-order chi connectivity index (χ1) is 7.22. The van der Waals surface area contributed by atoms with Gasteiger partial charge in [-0.15, -0.1) is 0 Å². The highest BCUT2D eigenvalue weighted by Crippen LogP contribution is 2.06. The average Bonchev–Trinajstić information content (AvgIpc) is 2.60. The number of carbonyl (C=O) groups is 1. The van der Waals surface area contributed by atoms with Crippen LogP contribution >= 0.6 is 15.9 Å². The van der Waals surface area contributed by atoms with E-state index in [4.69, 9.17) is 0 Å². The summed E-state index contributed by atoms with van der Waals surface area (Å²) in [5.41, 5.74) is 0. The molecule has 0 saturated carbocycles. The Labute approximate surface area is 98.2 Å². The van der Waals surface area contributed by atoms with Crippen LogP contribution in [0.1, 0.15) is 26.2 Å². The molecule has 15 heavy (non-hydrogen) atoms. The van der Waals surface area contributed by atoms with Gasteiger partial charge >= 0.3 is 0 Å². The minimum atomic E-state index is 0.138. The summed E-state index contributed by atoms with van der Waals surface area (Å²) in [6, 6.07) is 0. The predicted octanol–water partition coefficient (Wildman–Crippen LogP) is 1.95. The Morgan fingerprint density at radius 1 is 1.67 bits per heavy atom. The molecule has 0 unspecified atom stereocenters. The summed E-state index contributed by atoms with van der Waals surface area (Å²) in [4.78, 5) is 11.1. The number of halogens is 1. The summed E-state index contributed by atoms with van der Waals surface area (Å²) in [6.45, 7) is 3.55. The van der Waals surface area contributed by atoms with E-state index in [0.29, 0.717) is 6.42 Å². The molecule has 1 N–H and O–H groups in total. The lowest BCUT2D eigenvalue weighted by Crippen LogP contribution is -2.24. The van der Waals surface area contributed by atoms with Gasteiger partial charge in [-0.25, -0.2) is 0 Å². The smallest absolute Gasteiger partial charge is 0.219 e. The van der Waals surface area contributed by atoms with Crippen LogP contribution in [0.3, 0.4) is 0 Å². The van der Waals surface area contributed by atoms with Gasteiger partial charge in [-0.2, -0.15) is 5.10 Å². The van der Waals surface area contributed by atoms with E-state index < -0.39 is 0 Å². The normalized spacial score (nSPS) is 10.3. The third kappa shape index (κ3) is 4.97. The topological polar surface area (TPSA) is 46.9 Å². The second kappa shape index (κ2) is 6.61. The van der Waals surface area contributed by atoms with E-state index in [2.05, 4.69) is 26.3 Å². The number of aryl methyl sites for hydroxylation is 1. The van der Waals surface area contributed by atoms with Crippen LogP contribution in [-0.2, 0) is 11.3 Å². The zero-order chi connectivity index (χ0) is 11.1.